The molecule has 0 aliphatic heterocycles. The van der Waals surface area contributed by atoms with Gasteiger partial charge in [0.15, 0.2) is 11.4 Å². The van der Waals surface area contributed by atoms with Gasteiger partial charge in [-0.05, 0) is 59.3 Å². The zero-order valence-corrected chi connectivity index (χ0v) is 23.2. The van der Waals surface area contributed by atoms with Gasteiger partial charge in [-0.15, -0.1) is 0 Å². The molecule has 4 aromatic rings. The lowest BCUT2D eigenvalue weighted by Crippen LogP contribution is -2.40. The molecule has 0 saturated carbocycles. The molecule has 4 rings (SSSR count). The van der Waals surface area contributed by atoms with E-state index in [1.54, 1.807) is 19.2 Å². The topological polar surface area (TPSA) is 88.0 Å². The third-order valence-electron chi connectivity index (χ3n) is 5.65. The highest BCUT2D eigenvalue weighted by atomic mass is 79.9. The summed E-state index contributed by atoms with van der Waals surface area (Å²) in [5.74, 6) is -0.0892. The van der Waals surface area contributed by atoms with E-state index in [2.05, 4.69) is 31.5 Å². The number of benzene rings is 2. The Morgan fingerprint density at radius 1 is 1.08 bits per heavy atom. The summed E-state index contributed by atoms with van der Waals surface area (Å²) in [5.41, 5.74) is 3.28. The van der Waals surface area contributed by atoms with Crippen molar-refractivity contribution >= 4 is 68.0 Å². The minimum Gasteiger partial charge on any atom is -0.485 e. The van der Waals surface area contributed by atoms with E-state index >= 15 is 0 Å². The molecular weight excluding hydrogens is 581 g/mol. The first-order chi connectivity index (χ1) is 17.8. The fraction of sp³-hybridized carbons (Fsp3) is 0.192. The van der Waals surface area contributed by atoms with Crippen LogP contribution in [0.4, 0.5) is 11.4 Å². The monoisotopic (exact) mass is 603 g/mol. The Bertz CT molecular complexity index is 1450. The Morgan fingerprint density at radius 2 is 1.84 bits per heavy atom. The van der Waals surface area contributed by atoms with Gasteiger partial charge >= 0.3 is 0 Å². The minimum absolute atomic E-state index is 0.0452. The Hall–Kier alpha value is -3.27. The first-order valence-electron chi connectivity index (χ1n) is 11.3. The number of rotatable bonds is 9. The summed E-state index contributed by atoms with van der Waals surface area (Å²) < 4.78 is 8.75. The van der Waals surface area contributed by atoms with Crippen LogP contribution in [-0.2, 0) is 16.2 Å². The maximum atomic E-state index is 12.8. The number of aromatic nitrogens is 2. The molecule has 0 spiro atoms. The normalized spacial score (nSPS) is 10.8. The van der Waals surface area contributed by atoms with Crippen molar-refractivity contribution in [2.24, 2.45) is 0 Å². The average molecular weight is 605 g/mol. The van der Waals surface area contributed by atoms with Crippen molar-refractivity contribution in [1.82, 2.24) is 14.7 Å². The van der Waals surface area contributed by atoms with Gasteiger partial charge in [0.1, 0.15) is 11.2 Å². The second-order valence-corrected chi connectivity index (χ2v) is 9.69. The number of hydrogen-bond donors (Lipinski definition) is 2. The molecule has 2 N–H and O–H groups in total. The second kappa shape index (κ2) is 11.9. The summed E-state index contributed by atoms with van der Waals surface area (Å²) in [6.45, 7) is 1.82. The van der Waals surface area contributed by atoms with E-state index in [1.165, 1.54) is 4.90 Å². The van der Waals surface area contributed by atoms with E-state index in [0.717, 1.165) is 16.0 Å². The van der Waals surface area contributed by atoms with Crippen LogP contribution in [0.3, 0.4) is 0 Å². The Balaban J connectivity index is 1.40. The smallest absolute Gasteiger partial charge is 0.246 e. The Kier molecular flexibility index (Phi) is 8.58. The third kappa shape index (κ3) is 6.18. The SMILES string of the molecule is Cc1nc2c(OCc3c(Cl)ccc(N(C)C(=O)CNC(=O)CNc4ccccc4)c3Cl)cccn2c1Br. The molecule has 2 heterocycles. The van der Waals surface area contributed by atoms with Crippen molar-refractivity contribution in [2.45, 2.75) is 13.5 Å². The highest BCUT2D eigenvalue weighted by molar-refractivity contribution is 9.10. The molecule has 0 radical (unpaired) electrons. The van der Waals surface area contributed by atoms with Crippen LogP contribution in [0.1, 0.15) is 11.3 Å². The number of nitrogens with zero attached hydrogens (tertiary/aromatic N) is 3. The highest BCUT2D eigenvalue weighted by Crippen LogP contribution is 2.35. The number of imidazole rings is 1. The van der Waals surface area contributed by atoms with E-state index in [0.29, 0.717) is 27.7 Å². The molecule has 0 fully saturated rings. The molecular formula is C26H24BrCl2N5O3. The average Bonchev–Trinajstić information content (AvgIpc) is 3.20. The van der Waals surface area contributed by atoms with Crippen molar-refractivity contribution in [1.29, 1.82) is 0 Å². The van der Waals surface area contributed by atoms with Crippen LogP contribution in [0.5, 0.6) is 5.75 Å². The summed E-state index contributed by atoms with van der Waals surface area (Å²) in [5, 5.41) is 6.31. The van der Waals surface area contributed by atoms with Gasteiger partial charge in [-0.2, -0.15) is 0 Å². The second-order valence-electron chi connectivity index (χ2n) is 8.15. The predicted octanol–water partition coefficient (Wildman–Crippen LogP) is 5.48. The number of carbonyl (C=O) groups excluding carboxylic acids is 2. The van der Waals surface area contributed by atoms with Gasteiger partial charge in [0.05, 0.1) is 29.5 Å². The molecule has 2 aromatic carbocycles. The number of ether oxygens (including phenoxy) is 1. The van der Waals surface area contributed by atoms with Gasteiger partial charge in [0.25, 0.3) is 0 Å². The number of aryl methyl sites for hydroxylation is 1. The molecule has 0 unspecified atom stereocenters. The van der Waals surface area contributed by atoms with Crippen LogP contribution in [-0.4, -0.2) is 41.3 Å². The van der Waals surface area contributed by atoms with E-state index in [4.69, 9.17) is 27.9 Å². The third-order valence-corrected chi connectivity index (χ3v) is 7.38. The predicted molar refractivity (Wildman–Crippen MR) is 150 cm³/mol. The zero-order valence-electron chi connectivity index (χ0n) is 20.1. The summed E-state index contributed by atoms with van der Waals surface area (Å²) in [7, 11) is 1.59. The first kappa shape index (κ1) is 26.8. The van der Waals surface area contributed by atoms with Gasteiger partial charge in [0, 0.05) is 29.5 Å². The van der Waals surface area contributed by atoms with E-state index in [-0.39, 0.29) is 36.5 Å². The molecule has 2 aromatic heterocycles. The van der Waals surface area contributed by atoms with E-state index < -0.39 is 0 Å². The molecule has 37 heavy (non-hydrogen) atoms. The van der Waals surface area contributed by atoms with Crippen LogP contribution in [0.25, 0.3) is 5.65 Å². The number of pyridine rings is 1. The van der Waals surface area contributed by atoms with Crippen molar-refractivity contribution in [3.63, 3.8) is 0 Å². The fourth-order valence-corrected chi connectivity index (χ4v) is 4.58. The van der Waals surface area contributed by atoms with Crippen molar-refractivity contribution < 1.29 is 14.3 Å². The van der Waals surface area contributed by atoms with Crippen molar-refractivity contribution in [2.75, 3.05) is 30.4 Å². The van der Waals surface area contributed by atoms with Crippen LogP contribution < -0.4 is 20.3 Å². The molecule has 0 atom stereocenters. The van der Waals surface area contributed by atoms with Gasteiger partial charge in [0.2, 0.25) is 11.8 Å². The highest BCUT2D eigenvalue weighted by Gasteiger charge is 2.20. The van der Waals surface area contributed by atoms with Gasteiger partial charge < -0.3 is 20.3 Å². The number of fused-ring (bicyclic) bond motifs is 1. The van der Waals surface area contributed by atoms with Crippen LogP contribution in [0.15, 0.2) is 65.4 Å². The molecule has 0 aliphatic carbocycles. The van der Waals surface area contributed by atoms with Crippen LogP contribution in [0.2, 0.25) is 10.0 Å². The van der Waals surface area contributed by atoms with Gasteiger partial charge in [-0.3, -0.25) is 14.0 Å². The number of carbonyl (C=O) groups is 2. The number of para-hydroxylation sites is 1. The van der Waals surface area contributed by atoms with Gasteiger partial charge in [-0.25, -0.2) is 4.98 Å². The number of anilines is 2. The quantitative estimate of drug-likeness (QED) is 0.264. The number of hydrogen-bond acceptors (Lipinski definition) is 5. The Morgan fingerprint density at radius 3 is 2.59 bits per heavy atom. The van der Waals surface area contributed by atoms with E-state index in [1.807, 2.05) is 60.0 Å². The zero-order chi connectivity index (χ0) is 26.5. The Labute approximate surface area is 232 Å². The molecule has 0 saturated heterocycles. The molecule has 8 nitrogen and oxygen atoms in total. The molecule has 0 bridgehead atoms. The molecule has 0 aliphatic rings. The minimum atomic E-state index is -0.341. The van der Waals surface area contributed by atoms with Crippen LogP contribution in [0, 0.1) is 6.92 Å². The lowest BCUT2D eigenvalue weighted by molar-refractivity contribution is -0.123. The summed E-state index contributed by atoms with van der Waals surface area (Å²) >= 11 is 16.6. The molecule has 2 amide bonds. The number of amides is 2. The lowest BCUT2D eigenvalue weighted by Gasteiger charge is -2.21. The van der Waals surface area contributed by atoms with Crippen LogP contribution >= 0.6 is 39.1 Å². The summed E-state index contributed by atoms with van der Waals surface area (Å²) in [6.07, 6.45) is 1.88. The summed E-state index contributed by atoms with van der Waals surface area (Å²) in [4.78, 5) is 30.9. The first-order valence-corrected chi connectivity index (χ1v) is 12.9. The summed E-state index contributed by atoms with van der Waals surface area (Å²) in [6, 6.07) is 16.3. The number of halogens is 3. The largest absolute Gasteiger partial charge is 0.485 e. The van der Waals surface area contributed by atoms with E-state index in [9.17, 15) is 9.59 Å². The standard InChI is InChI=1S/C26H24BrCl2N5O3/c1-16-25(27)34-12-6-9-21(26(34)32-16)37-15-18-19(28)10-11-20(24(18)29)33(2)23(36)14-31-22(35)13-30-17-7-4-3-5-8-17/h3-12,30H,13-15H2,1-2H3,(H,31,35). The molecule has 192 valence electrons. The van der Waals surface area contributed by atoms with Gasteiger partial charge in [-0.1, -0.05) is 41.4 Å². The van der Waals surface area contributed by atoms with Crippen molar-refractivity contribution in [3.8, 4) is 5.75 Å². The molecule has 11 heteroatoms. The van der Waals surface area contributed by atoms with Crippen molar-refractivity contribution in [3.05, 3.63) is 86.7 Å². The lowest BCUT2D eigenvalue weighted by atomic mass is 10.2. The fourth-order valence-electron chi connectivity index (χ4n) is 3.59. The number of nitrogens with one attached hydrogen (secondary N) is 2. The number of likely N-dealkylation sites (N-methyl/N-ethyl adjacent to an activating group) is 1. The maximum absolute atomic E-state index is 12.8. The maximum Gasteiger partial charge on any atom is 0.246 e.